The van der Waals surface area contributed by atoms with E-state index in [-0.39, 0.29) is 23.1 Å². The molecule has 0 aromatic heterocycles. The van der Waals surface area contributed by atoms with Gasteiger partial charge < -0.3 is 15.8 Å². The summed E-state index contributed by atoms with van der Waals surface area (Å²) in [6, 6.07) is 9.14. The average molecular weight is 323 g/mol. The number of allylic oxidation sites excluding steroid dienone is 3. The second kappa shape index (κ2) is 6.20. The number of ether oxygens (including phenoxy) is 1. The van der Waals surface area contributed by atoms with Crippen LogP contribution in [0.5, 0.6) is 0 Å². The molecule has 0 saturated carbocycles. The zero-order valence-corrected chi connectivity index (χ0v) is 13.3. The van der Waals surface area contributed by atoms with Crippen LogP contribution in [0.25, 0.3) is 0 Å². The summed E-state index contributed by atoms with van der Waals surface area (Å²) in [5, 5.41) is 12.2. The normalized spacial score (nSPS) is 20.2. The maximum Gasteiger partial charge on any atom is 0.221 e. The number of amides is 1. The lowest BCUT2D eigenvalue weighted by atomic mass is 9.77. The number of nitrogens with zero attached hydrogens (tertiary/aromatic N) is 1. The lowest BCUT2D eigenvalue weighted by Gasteiger charge is -2.31. The molecule has 0 radical (unpaired) electrons. The molecule has 0 fully saturated rings. The van der Waals surface area contributed by atoms with E-state index >= 15 is 0 Å². The zero-order valence-electron chi connectivity index (χ0n) is 13.3. The average Bonchev–Trinajstić information content (AvgIpc) is 2.54. The second-order valence-electron chi connectivity index (χ2n) is 5.84. The zero-order chi connectivity index (χ0) is 17.3. The Balaban J connectivity index is 2.05. The van der Waals surface area contributed by atoms with Gasteiger partial charge in [0.15, 0.2) is 5.78 Å². The highest BCUT2D eigenvalue weighted by Crippen LogP contribution is 2.43. The summed E-state index contributed by atoms with van der Waals surface area (Å²) in [6.45, 7) is 1.43. The van der Waals surface area contributed by atoms with Crippen LogP contribution in [-0.4, -0.2) is 11.7 Å². The van der Waals surface area contributed by atoms with Crippen LogP contribution in [0.4, 0.5) is 5.69 Å². The van der Waals surface area contributed by atoms with Gasteiger partial charge in [-0.3, -0.25) is 9.59 Å². The number of nitrogens with one attached hydrogen (secondary N) is 1. The van der Waals surface area contributed by atoms with Crippen LogP contribution in [0.2, 0.25) is 0 Å². The molecule has 1 aromatic carbocycles. The van der Waals surface area contributed by atoms with Gasteiger partial charge in [-0.15, -0.1) is 0 Å². The molecule has 1 atom stereocenters. The molecule has 1 aliphatic carbocycles. The van der Waals surface area contributed by atoms with E-state index in [1.807, 2.05) is 0 Å². The first-order chi connectivity index (χ1) is 11.5. The van der Waals surface area contributed by atoms with Crippen LogP contribution < -0.4 is 11.1 Å². The van der Waals surface area contributed by atoms with E-state index in [2.05, 4.69) is 11.4 Å². The van der Waals surface area contributed by atoms with E-state index in [1.165, 1.54) is 6.92 Å². The molecule has 24 heavy (non-hydrogen) atoms. The molecule has 1 aromatic rings. The molecular formula is C18H17N3O3. The van der Waals surface area contributed by atoms with Crippen LogP contribution in [0.1, 0.15) is 37.7 Å². The largest absolute Gasteiger partial charge is 0.444 e. The molecule has 1 aliphatic heterocycles. The number of rotatable bonds is 2. The second-order valence-corrected chi connectivity index (χ2v) is 5.84. The van der Waals surface area contributed by atoms with Crippen molar-refractivity contribution in [1.82, 2.24) is 0 Å². The highest BCUT2D eigenvalue weighted by Gasteiger charge is 2.37. The van der Waals surface area contributed by atoms with Crippen LogP contribution in [0.3, 0.4) is 0 Å². The Morgan fingerprint density at radius 1 is 1.33 bits per heavy atom. The van der Waals surface area contributed by atoms with Crippen molar-refractivity contribution in [2.24, 2.45) is 5.73 Å². The van der Waals surface area contributed by atoms with Crippen LogP contribution in [0, 0.1) is 11.3 Å². The quantitative estimate of drug-likeness (QED) is 0.869. The molecule has 6 nitrogen and oxygen atoms in total. The van der Waals surface area contributed by atoms with Crippen LogP contribution >= 0.6 is 0 Å². The molecule has 0 saturated heterocycles. The highest BCUT2D eigenvalue weighted by atomic mass is 16.5. The number of nitrogens with two attached hydrogens (primary N) is 1. The number of Topliss-reactive ketones (excluding diaryl/α,β-unsaturated/α-hetero) is 1. The van der Waals surface area contributed by atoms with Crippen molar-refractivity contribution in [2.75, 3.05) is 5.32 Å². The summed E-state index contributed by atoms with van der Waals surface area (Å²) in [5.74, 6) is -0.0611. The molecule has 122 valence electrons. The molecular weight excluding hydrogens is 306 g/mol. The number of ketones is 1. The first kappa shape index (κ1) is 15.8. The van der Waals surface area contributed by atoms with Gasteiger partial charge in [0, 0.05) is 31.0 Å². The predicted molar refractivity (Wildman–Crippen MR) is 87.3 cm³/mol. The van der Waals surface area contributed by atoms with Gasteiger partial charge in [0.2, 0.25) is 11.8 Å². The lowest BCUT2D eigenvalue weighted by Crippen LogP contribution is -2.27. The first-order valence-electron chi connectivity index (χ1n) is 7.72. The van der Waals surface area contributed by atoms with E-state index in [1.54, 1.807) is 24.3 Å². The van der Waals surface area contributed by atoms with Crippen molar-refractivity contribution in [1.29, 1.82) is 5.26 Å². The number of benzene rings is 1. The van der Waals surface area contributed by atoms with E-state index in [9.17, 15) is 14.9 Å². The summed E-state index contributed by atoms with van der Waals surface area (Å²) in [5.41, 5.74) is 8.10. The fourth-order valence-corrected chi connectivity index (χ4v) is 3.15. The number of anilines is 1. The van der Waals surface area contributed by atoms with Crippen LogP contribution in [0.15, 0.2) is 47.1 Å². The molecule has 1 heterocycles. The number of hydrogen-bond acceptors (Lipinski definition) is 5. The van der Waals surface area contributed by atoms with Crippen molar-refractivity contribution in [2.45, 2.75) is 32.1 Å². The third-order valence-corrected chi connectivity index (χ3v) is 4.17. The molecule has 3 N–H and O–H groups in total. The summed E-state index contributed by atoms with van der Waals surface area (Å²) in [7, 11) is 0. The van der Waals surface area contributed by atoms with E-state index in [4.69, 9.17) is 10.5 Å². The fourth-order valence-electron chi connectivity index (χ4n) is 3.15. The highest BCUT2D eigenvalue weighted by molar-refractivity contribution is 5.99. The third kappa shape index (κ3) is 2.76. The minimum Gasteiger partial charge on any atom is -0.444 e. The summed E-state index contributed by atoms with van der Waals surface area (Å²) in [4.78, 5) is 23.6. The summed E-state index contributed by atoms with van der Waals surface area (Å²) in [6.07, 6.45) is 1.81. The standard InChI is InChI=1S/C18H17N3O3/c1-10(22)21-12-7-5-11(6-8-12)16-13(9-19)18(20)24-15-4-2-3-14(23)17(15)16/h5-8,16H,2-4,20H2,1H3,(H,21,22)/t16-/m1/s1. The van der Waals surface area contributed by atoms with Gasteiger partial charge in [0.1, 0.15) is 17.4 Å². The van der Waals surface area contributed by atoms with Crippen LogP contribution in [-0.2, 0) is 14.3 Å². The van der Waals surface area contributed by atoms with Gasteiger partial charge in [-0.2, -0.15) is 5.26 Å². The fraction of sp³-hybridized carbons (Fsp3) is 0.278. The summed E-state index contributed by atoms with van der Waals surface area (Å²) < 4.78 is 5.53. The monoisotopic (exact) mass is 323 g/mol. The Kier molecular flexibility index (Phi) is 4.09. The van der Waals surface area contributed by atoms with Crippen molar-refractivity contribution < 1.29 is 14.3 Å². The predicted octanol–water partition coefficient (Wildman–Crippen LogP) is 2.46. The molecule has 0 unspecified atom stereocenters. The Morgan fingerprint density at radius 2 is 2.04 bits per heavy atom. The smallest absolute Gasteiger partial charge is 0.221 e. The number of carbonyl (C=O) groups excluding carboxylic acids is 2. The number of hydrogen-bond donors (Lipinski definition) is 2. The maximum atomic E-state index is 12.4. The molecule has 6 heteroatoms. The van der Waals surface area contributed by atoms with Crippen molar-refractivity contribution in [3.8, 4) is 6.07 Å². The Morgan fingerprint density at radius 3 is 2.67 bits per heavy atom. The van der Waals surface area contributed by atoms with Gasteiger partial charge in [-0.05, 0) is 24.1 Å². The van der Waals surface area contributed by atoms with Gasteiger partial charge in [-0.25, -0.2) is 0 Å². The van der Waals surface area contributed by atoms with Gasteiger partial charge in [-0.1, -0.05) is 12.1 Å². The van der Waals surface area contributed by atoms with Gasteiger partial charge in [0.05, 0.1) is 5.92 Å². The Hall–Kier alpha value is -3.07. The summed E-state index contributed by atoms with van der Waals surface area (Å²) >= 11 is 0. The number of carbonyl (C=O) groups is 2. The molecule has 0 spiro atoms. The first-order valence-corrected chi connectivity index (χ1v) is 7.72. The minimum absolute atomic E-state index is 0.00700. The van der Waals surface area contributed by atoms with E-state index < -0.39 is 5.92 Å². The van der Waals surface area contributed by atoms with Crippen molar-refractivity contribution >= 4 is 17.4 Å². The maximum absolute atomic E-state index is 12.4. The minimum atomic E-state index is -0.516. The Labute approximate surface area is 139 Å². The van der Waals surface area contributed by atoms with Crippen molar-refractivity contribution in [3.63, 3.8) is 0 Å². The lowest BCUT2D eigenvalue weighted by molar-refractivity contribution is -0.117. The van der Waals surface area contributed by atoms with E-state index in [0.29, 0.717) is 29.9 Å². The molecule has 2 aliphatic rings. The Bertz CT molecular complexity index is 813. The number of nitriles is 1. The molecule has 0 bridgehead atoms. The van der Waals surface area contributed by atoms with Gasteiger partial charge >= 0.3 is 0 Å². The topological polar surface area (TPSA) is 105 Å². The third-order valence-electron chi connectivity index (χ3n) is 4.17. The molecule has 3 rings (SSSR count). The van der Waals surface area contributed by atoms with Crippen molar-refractivity contribution in [3.05, 3.63) is 52.6 Å². The van der Waals surface area contributed by atoms with E-state index in [0.717, 1.165) is 12.0 Å². The SMILES string of the molecule is CC(=O)Nc1ccc([C@@H]2C(C#N)=C(N)OC3=C2C(=O)CCC3)cc1. The molecule has 1 amide bonds. The van der Waals surface area contributed by atoms with Gasteiger partial charge in [0.25, 0.3) is 0 Å².